The summed E-state index contributed by atoms with van der Waals surface area (Å²) in [6, 6.07) is 3.40. The Hall–Kier alpha value is -3.40. The number of rotatable bonds is 5. The van der Waals surface area contributed by atoms with Crippen molar-refractivity contribution in [2.24, 2.45) is 5.90 Å². The van der Waals surface area contributed by atoms with Crippen LogP contribution in [0.2, 0.25) is 0 Å². The zero-order valence-corrected chi connectivity index (χ0v) is 20.1. The molecule has 2 N–H and O–H groups in total. The third kappa shape index (κ3) is 5.64. The maximum absolute atomic E-state index is 14.8. The number of halogens is 3. The summed E-state index contributed by atoms with van der Waals surface area (Å²) >= 11 is 0. The molecule has 37 heavy (non-hydrogen) atoms. The van der Waals surface area contributed by atoms with Crippen molar-refractivity contribution >= 4 is 22.0 Å². The Kier molecular flexibility index (Phi) is 7.87. The van der Waals surface area contributed by atoms with E-state index < -0.39 is 56.2 Å². The molecule has 0 bridgehead atoms. The number of morpholine rings is 1. The molecule has 0 unspecified atom stereocenters. The first-order chi connectivity index (χ1) is 17.6. The summed E-state index contributed by atoms with van der Waals surface area (Å²) in [6.45, 7) is 0.485. The number of amides is 2. The Morgan fingerprint density at radius 1 is 0.946 bits per heavy atom. The molecular weight excluding hydrogens is 521 g/mol. The Morgan fingerprint density at radius 2 is 1.57 bits per heavy atom. The predicted octanol–water partition coefficient (Wildman–Crippen LogP) is 1.44. The van der Waals surface area contributed by atoms with Gasteiger partial charge in [0.2, 0.25) is 10.0 Å². The molecule has 2 amide bonds. The lowest BCUT2D eigenvalue weighted by Gasteiger charge is -2.41. The van der Waals surface area contributed by atoms with Gasteiger partial charge in [0.1, 0.15) is 17.6 Å². The van der Waals surface area contributed by atoms with Crippen molar-refractivity contribution in [3.05, 3.63) is 53.8 Å². The third-order valence-electron chi connectivity index (χ3n) is 5.88. The second-order valence-electron chi connectivity index (χ2n) is 8.17. The number of nitrogens with two attached hydrogens (primary N) is 1. The molecule has 11 nitrogen and oxygen atoms in total. The fourth-order valence-corrected chi connectivity index (χ4v) is 5.58. The fraction of sp³-hybridized carbons (Fsp3) is 0.364. The Bertz CT molecular complexity index is 1250. The molecule has 2 saturated heterocycles. The second-order valence-corrected chi connectivity index (χ2v) is 10.1. The first-order valence-corrected chi connectivity index (χ1v) is 12.5. The maximum Gasteiger partial charge on any atom is 0.344 e. The normalized spacial score (nSPS) is 19.0. The van der Waals surface area contributed by atoms with E-state index >= 15 is 0 Å². The van der Waals surface area contributed by atoms with Crippen LogP contribution in [-0.2, 0) is 24.4 Å². The van der Waals surface area contributed by atoms with Crippen LogP contribution >= 0.6 is 0 Å². The van der Waals surface area contributed by atoms with Gasteiger partial charge in [-0.1, -0.05) is 0 Å². The number of benzene rings is 2. The molecule has 15 heteroatoms. The van der Waals surface area contributed by atoms with Crippen molar-refractivity contribution < 1.29 is 45.5 Å². The van der Waals surface area contributed by atoms with Gasteiger partial charge in [0.25, 0.3) is 0 Å². The number of urea groups is 1. The number of carbonyl (C=O) groups excluding carboxylic acids is 2. The summed E-state index contributed by atoms with van der Waals surface area (Å²) in [5, 5.41) is 0. The first-order valence-electron chi connectivity index (χ1n) is 11.1. The monoisotopic (exact) mass is 544 g/mol. The molecule has 0 saturated carbocycles. The van der Waals surface area contributed by atoms with E-state index in [9.17, 15) is 31.2 Å². The summed E-state index contributed by atoms with van der Waals surface area (Å²) in [5.74, 6) is -0.414. The number of nitrogens with zero attached hydrogens (tertiary/aromatic N) is 3. The minimum Gasteiger partial charge on any atom is -0.451 e. The highest BCUT2D eigenvalue weighted by Gasteiger charge is 2.43. The Balaban J connectivity index is 1.58. The summed E-state index contributed by atoms with van der Waals surface area (Å²) in [5.41, 5.74) is 0. The average molecular weight is 545 g/mol. The summed E-state index contributed by atoms with van der Waals surface area (Å²) in [4.78, 5) is 31.5. The SMILES string of the molecule is NOC(=O)[C@H]1CN(C(=O)N2CCOCC2)CCN1S(=O)(=O)c1cc(F)c(Oc2ccc(F)cc2)c(F)c1. The van der Waals surface area contributed by atoms with Crippen LogP contribution in [0.5, 0.6) is 11.5 Å². The van der Waals surface area contributed by atoms with Crippen LogP contribution in [-0.4, -0.2) is 86.5 Å². The number of piperazine rings is 1. The van der Waals surface area contributed by atoms with Crippen molar-refractivity contribution in [1.82, 2.24) is 14.1 Å². The summed E-state index contributed by atoms with van der Waals surface area (Å²) < 4.78 is 80.3. The van der Waals surface area contributed by atoms with Crippen molar-refractivity contribution in [2.45, 2.75) is 10.9 Å². The largest absolute Gasteiger partial charge is 0.451 e. The smallest absolute Gasteiger partial charge is 0.344 e. The molecule has 200 valence electrons. The van der Waals surface area contributed by atoms with Gasteiger partial charge in [-0.25, -0.2) is 31.2 Å². The van der Waals surface area contributed by atoms with E-state index in [1.807, 2.05) is 0 Å². The predicted molar refractivity (Wildman–Crippen MR) is 120 cm³/mol. The van der Waals surface area contributed by atoms with Gasteiger partial charge < -0.3 is 24.1 Å². The lowest BCUT2D eigenvalue weighted by Crippen LogP contribution is -2.62. The second kappa shape index (κ2) is 10.9. The first kappa shape index (κ1) is 26.7. The van der Waals surface area contributed by atoms with Crippen molar-refractivity contribution in [3.8, 4) is 11.5 Å². The quantitative estimate of drug-likeness (QED) is 0.560. The molecule has 4 rings (SSSR count). The zero-order valence-electron chi connectivity index (χ0n) is 19.3. The minimum atomic E-state index is -4.66. The highest BCUT2D eigenvalue weighted by atomic mass is 32.2. The number of hydrogen-bond donors (Lipinski definition) is 1. The van der Waals surface area contributed by atoms with Crippen LogP contribution in [0.1, 0.15) is 0 Å². The molecule has 0 spiro atoms. The van der Waals surface area contributed by atoms with E-state index in [-0.39, 0.29) is 25.4 Å². The average Bonchev–Trinajstić information content (AvgIpc) is 2.90. The lowest BCUT2D eigenvalue weighted by molar-refractivity contribution is -0.150. The number of carbonyl (C=O) groups is 2. The highest BCUT2D eigenvalue weighted by Crippen LogP contribution is 2.32. The highest BCUT2D eigenvalue weighted by molar-refractivity contribution is 7.89. The molecule has 2 fully saturated rings. The molecule has 0 aromatic heterocycles. The van der Waals surface area contributed by atoms with Crippen LogP contribution in [0.3, 0.4) is 0 Å². The summed E-state index contributed by atoms with van der Waals surface area (Å²) in [7, 11) is -4.66. The van der Waals surface area contributed by atoms with E-state index in [2.05, 4.69) is 4.84 Å². The van der Waals surface area contributed by atoms with Gasteiger partial charge in [0, 0.05) is 32.7 Å². The van der Waals surface area contributed by atoms with Gasteiger partial charge >= 0.3 is 12.0 Å². The van der Waals surface area contributed by atoms with E-state index in [4.69, 9.17) is 15.4 Å². The zero-order chi connectivity index (χ0) is 26.7. The molecule has 2 heterocycles. The van der Waals surface area contributed by atoms with Crippen LogP contribution in [0.4, 0.5) is 18.0 Å². The van der Waals surface area contributed by atoms with Gasteiger partial charge in [0.05, 0.1) is 18.1 Å². The van der Waals surface area contributed by atoms with Gasteiger partial charge in [0.15, 0.2) is 17.4 Å². The van der Waals surface area contributed by atoms with Gasteiger partial charge in [-0.3, -0.25) is 0 Å². The fourth-order valence-electron chi connectivity index (χ4n) is 3.99. The topological polar surface area (TPSA) is 132 Å². The van der Waals surface area contributed by atoms with E-state index in [1.165, 1.54) is 9.80 Å². The lowest BCUT2D eigenvalue weighted by atomic mass is 10.2. The number of sulfonamides is 1. The molecule has 2 aliphatic heterocycles. The van der Waals surface area contributed by atoms with E-state index in [0.29, 0.717) is 42.7 Å². The van der Waals surface area contributed by atoms with Crippen molar-refractivity contribution in [3.63, 3.8) is 0 Å². The molecule has 0 aliphatic carbocycles. The summed E-state index contributed by atoms with van der Waals surface area (Å²) in [6.07, 6.45) is 0. The Morgan fingerprint density at radius 3 is 2.16 bits per heavy atom. The third-order valence-corrected chi connectivity index (χ3v) is 7.77. The van der Waals surface area contributed by atoms with Gasteiger partial charge in [-0.2, -0.15) is 10.2 Å². The van der Waals surface area contributed by atoms with Crippen LogP contribution in [0.25, 0.3) is 0 Å². The maximum atomic E-state index is 14.8. The molecule has 0 radical (unpaired) electrons. The van der Waals surface area contributed by atoms with Gasteiger partial charge in [-0.05, 0) is 36.4 Å². The van der Waals surface area contributed by atoms with Crippen LogP contribution in [0, 0.1) is 17.5 Å². The minimum absolute atomic E-state index is 0.0818. The number of hydrogen-bond acceptors (Lipinski definition) is 8. The van der Waals surface area contributed by atoms with Gasteiger partial charge in [-0.15, -0.1) is 0 Å². The molecular formula is C22H23F3N4O7S. The molecule has 2 aromatic carbocycles. The van der Waals surface area contributed by atoms with Crippen LogP contribution in [0.15, 0.2) is 41.3 Å². The molecule has 2 aromatic rings. The number of ether oxygens (including phenoxy) is 2. The van der Waals surface area contributed by atoms with E-state index in [1.54, 1.807) is 0 Å². The molecule has 1 atom stereocenters. The van der Waals surface area contributed by atoms with E-state index in [0.717, 1.165) is 24.3 Å². The van der Waals surface area contributed by atoms with Crippen molar-refractivity contribution in [1.29, 1.82) is 0 Å². The van der Waals surface area contributed by atoms with Crippen LogP contribution < -0.4 is 10.6 Å². The molecule has 2 aliphatic rings. The standard InChI is InChI=1S/C22H23F3N4O7S/c23-14-1-3-15(4-2-14)35-20-17(24)11-16(12-18(20)25)37(32,33)29-6-5-28(13-19(29)21(30)36-26)22(31)27-7-9-34-10-8-27/h1-4,11-12,19H,5-10,13,26H2/t19-/m1/s1. The Labute approximate surface area is 210 Å². The van der Waals surface area contributed by atoms with Crippen molar-refractivity contribution in [2.75, 3.05) is 45.9 Å².